The van der Waals surface area contributed by atoms with E-state index in [0.717, 1.165) is 5.56 Å². The number of benzene rings is 1. The number of hydrogen-bond donors (Lipinski definition) is 2. The predicted molar refractivity (Wildman–Crippen MR) is 82.3 cm³/mol. The SMILES string of the molecule is COc1ccc(CC(=O)NC(=S)NC(C)C)cc1OC. The number of carbonyl (C=O) groups is 1. The first-order valence-electron chi connectivity index (χ1n) is 6.27. The van der Waals surface area contributed by atoms with Crippen molar-refractivity contribution in [1.82, 2.24) is 10.6 Å². The van der Waals surface area contributed by atoms with Crippen molar-refractivity contribution >= 4 is 23.2 Å². The van der Waals surface area contributed by atoms with E-state index in [1.54, 1.807) is 26.4 Å². The monoisotopic (exact) mass is 296 g/mol. The zero-order chi connectivity index (χ0) is 15.1. The van der Waals surface area contributed by atoms with E-state index in [-0.39, 0.29) is 18.4 Å². The van der Waals surface area contributed by atoms with Gasteiger partial charge in [-0.05, 0) is 43.8 Å². The second-order valence-corrected chi connectivity index (χ2v) is 4.95. The van der Waals surface area contributed by atoms with Crippen LogP contribution in [0.4, 0.5) is 0 Å². The summed E-state index contributed by atoms with van der Waals surface area (Å²) in [6.45, 7) is 3.90. The lowest BCUT2D eigenvalue weighted by atomic mass is 10.1. The molecule has 0 unspecified atom stereocenters. The molecule has 6 heteroatoms. The number of hydrogen-bond acceptors (Lipinski definition) is 4. The van der Waals surface area contributed by atoms with Crippen LogP contribution in [0.15, 0.2) is 18.2 Å². The molecule has 0 aliphatic heterocycles. The van der Waals surface area contributed by atoms with Crippen LogP contribution in [0.2, 0.25) is 0 Å². The third-order valence-corrected chi connectivity index (χ3v) is 2.71. The van der Waals surface area contributed by atoms with Crippen LogP contribution in [0.1, 0.15) is 19.4 Å². The van der Waals surface area contributed by atoms with Gasteiger partial charge in [0.15, 0.2) is 16.6 Å². The van der Waals surface area contributed by atoms with Gasteiger partial charge in [0.2, 0.25) is 5.91 Å². The molecule has 0 bridgehead atoms. The van der Waals surface area contributed by atoms with Crippen LogP contribution >= 0.6 is 12.2 Å². The maximum Gasteiger partial charge on any atom is 0.230 e. The number of ether oxygens (including phenoxy) is 2. The Morgan fingerprint density at radius 2 is 1.90 bits per heavy atom. The Balaban J connectivity index is 2.64. The second kappa shape index (κ2) is 7.69. The van der Waals surface area contributed by atoms with E-state index in [1.807, 2.05) is 19.9 Å². The van der Waals surface area contributed by atoms with Crippen molar-refractivity contribution in [3.8, 4) is 11.5 Å². The normalized spacial score (nSPS) is 10.1. The molecular weight excluding hydrogens is 276 g/mol. The van der Waals surface area contributed by atoms with Gasteiger partial charge in [-0.2, -0.15) is 0 Å². The molecule has 1 aromatic rings. The summed E-state index contributed by atoms with van der Waals surface area (Å²) in [5.41, 5.74) is 0.826. The summed E-state index contributed by atoms with van der Waals surface area (Å²) in [6, 6.07) is 5.55. The van der Waals surface area contributed by atoms with Gasteiger partial charge in [-0.25, -0.2) is 0 Å². The van der Waals surface area contributed by atoms with Gasteiger partial charge in [0, 0.05) is 6.04 Å². The van der Waals surface area contributed by atoms with Gasteiger partial charge < -0.3 is 20.1 Å². The van der Waals surface area contributed by atoms with Crippen molar-refractivity contribution in [1.29, 1.82) is 0 Å². The lowest BCUT2D eigenvalue weighted by molar-refractivity contribution is -0.119. The second-order valence-electron chi connectivity index (χ2n) is 4.54. The average molecular weight is 296 g/mol. The van der Waals surface area contributed by atoms with Crippen LogP contribution in [-0.4, -0.2) is 31.3 Å². The van der Waals surface area contributed by atoms with Crippen LogP contribution in [0, 0.1) is 0 Å². The predicted octanol–water partition coefficient (Wildman–Crippen LogP) is 1.65. The van der Waals surface area contributed by atoms with Crippen LogP contribution in [0.3, 0.4) is 0 Å². The molecule has 5 nitrogen and oxygen atoms in total. The summed E-state index contributed by atoms with van der Waals surface area (Å²) >= 11 is 5.02. The first kappa shape index (κ1) is 16.2. The summed E-state index contributed by atoms with van der Waals surface area (Å²) in [7, 11) is 3.13. The van der Waals surface area contributed by atoms with E-state index in [2.05, 4.69) is 10.6 Å². The molecule has 1 aromatic carbocycles. The molecule has 0 atom stereocenters. The van der Waals surface area contributed by atoms with Gasteiger partial charge in [0.1, 0.15) is 0 Å². The fraction of sp³-hybridized carbons (Fsp3) is 0.429. The highest BCUT2D eigenvalue weighted by Crippen LogP contribution is 2.27. The highest BCUT2D eigenvalue weighted by molar-refractivity contribution is 7.80. The Morgan fingerprint density at radius 1 is 1.25 bits per heavy atom. The molecule has 20 heavy (non-hydrogen) atoms. The minimum absolute atomic E-state index is 0.171. The summed E-state index contributed by atoms with van der Waals surface area (Å²) in [6.07, 6.45) is 0.222. The van der Waals surface area contributed by atoms with Crippen molar-refractivity contribution in [2.75, 3.05) is 14.2 Å². The molecule has 110 valence electrons. The molecule has 0 heterocycles. The van der Waals surface area contributed by atoms with Crippen LogP contribution in [0.25, 0.3) is 0 Å². The first-order valence-corrected chi connectivity index (χ1v) is 6.68. The summed E-state index contributed by atoms with van der Waals surface area (Å²) in [4.78, 5) is 11.8. The van der Waals surface area contributed by atoms with Crippen molar-refractivity contribution in [2.24, 2.45) is 0 Å². The molecule has 0 aromatic heterocycles. The van der Waals surface area contributed by atoms with E-state index < -0.39 is 0 Å². The minimum atomic E-state index is -0.171. The lowest BCUT2D eigenvalue weighted by Gasteiger charge is -2.13. The van der Waals surface area contributed by atoms with Crippen LogP contribution in [-0.2, 0) is 11.2 Å². The molecule has 1 rings (SSSR count). The van der Waals surface area contributed by atoms with E-state index in [1.165, 1.54) is 0 Å². The average Bonchev–Trinajstić information content (AvgIpc) is 2.37. The molecule has 0 aliphatic rings. The zero-order valence-electron chi connectivity index (χ0n) is 12.1. The molecular formula is C14H20N2O3S. The van der Waals surface area contributed by atoms with Gasteiger partial charge >= 0.3 is 0 Å². The maximum atomic E-state index is 11.8. The highest BCUT2D eigenvalue weighted by atomic mass is 32.1. The maximum absolute atomic E-state index is 11.8. The fourth-order valence-electron chi connectivity index (χ4n) is 1.65. The first-order chi connectivity index (χ1) is 9.46. The van der Waals surface area contributed by atoms with Gasteiger partial charge in [-0.15, -0.1) is 0 Å². The zero-order valence-corrected chi connectivity index (χ0v) is 13.0. The number of amides is 1. The number of nitrogens with one attached hydrogen (secondary N) is 2. The third kappa shape index (κ3) is 5.05. The summed E-state index contributed by atoms with van der Waals surface area (Å²) < 4.78 is 10.3. The largest absolute Gasteiger partial charge is 0.493 e. The van der Waals surface area contributed by atoms with Gasteiger partial charge in [-0.1, -0.05) is 6.07 Å². The van der Waals surface area contributed by atoms with Gasteiger partial charge in [0.25, 0.3) is 0 Å². The number of methoxy groups -OCH3 is 2. The van der Waals surface area contributed by atoms with Crippen LogP contribution < -0.4 is 20.1 Å². The Hall–Kier alpha value is -1.82. The molecule has 1 amide bonds. The fourth-order valence-corrected chi connectivity index (χ4v) is 1.99. The number of rotatable bonds is 5. The molecule has 0 aliphatic carbocycles. The van der Waals surface area contributed by atoms with Gasteiger partial charge in [-0.3, -0.25) is 4.79 Å². The van der Waals surface area contributed by atoms with E-state index >= 15 is 0 Å². The van der Waals surface area contributed by atoms with Crippen molar-refractivity contribution in [3.63, 3.8) is 0 Å². The molecule has 2 N–H and O–H groups in total. The smallest absolute Gasteiger partial charge is 0.230 e. The topological polar surface area (TPSA) is 59.6 Å². The third-order valence-electron chi connectivity index (χ3n) is 2.49. The molecule has 0 spiro atoms. The Bertz CT molecular complexity index is 489. The van der Waals surface area contributed by atoms with E-state index in [4.69, 9.17) is 21.7 Å². The molecule has 0 saturated carbocycles. The standard InChI is InChI=1S/C14H20N2O3S/c1-9(2)15-14(20)16-13(17)8-10-5-6-11(18-3)12(7-10)19-4/h5-7,9H,8H2,1-4H3,(H2,15,16,17,20). The molecule has 0 fully saturated rings. The quantitative estimate of drug-likeness (QED) is 0.809. The minimum Gasteiger partial charge on any atom is -0.493 e. The number of carbonyl (C=O) groups excluding carboxylic acids is 1. The van der Waals surface area contributed by atoms with Crippen molar-refractivity contribution in [3.05, 3.63) is 23.8 Å². The Kier molecular flexibility index (Phi) is 6.24. The Morgan fingerprint density at radius 3 is 2.45 bits per heavy atom. The summed E-state index contributed by atoms with van der Waals surface area (Å²) in [5.74, 6) is 1.06. The summed E-state index contributed by atoms with van der Waals surface area (Å²) in [5, 5.41) is 5.93. The highest BCUT2D eigenvalue weighted by Gasteiger charge is 2.09. The van der Waals surface area contributed by atoms with Crippen molar-refractivity contribution in [2.45, 2.75) is 26.3 Å². The van der Waals surface area contributed by atoms with Gasteiger partial charge in [0.05, 0.1) is 20.6 Å². The van der Waals surface area contributed by atoms with Crippen LogP contribution in [0.5, 0.6) is 11.5 Å². The molecule has 0 radical (unpaired) electrons. The number of thiocarbonyl (C=S) groups is 1. The lowest BCUT2D eigenvalue weighted by Crippen LogP contribution is -2.42. The van der Waals surface area contributed by atoms with E-state index in [9.17, 15) is 4.79 Å². The van der Waals surface area contributed by atoms with Crippen molar-refractivity contribution < 1.29 is 14.3 Å². The Labute approximate surface area is 124 Å². The van der Waals surface area contributed by atoms with E-state index in [0.29, 0.717) is 16.6 Å². The molecule has 0 saturated heterocycles.